The van der Waals surface area contributed by atoms with E-state index in [4.69, 9.17) is 4.74 Å². The van der Waals surface area contributed by atoms with Crippen LogP contribution in [0.3, 0.4) is 0 Å². The molecule has 2 aliphatic heterocycles. The Morgan fingerprint density at radius 3 is 3.00 bits per heavy atom. The number of likely N-dealkylation sites (N-methyl/N-ethyl adjacent to an activating group) is 1. The van der Waals surface area contributed by atoms with Gasteiger partial charge >= 0.3 is 0 Å². The number of nitrogens with zero attached hydrogens (tertiary/aromatic N) is 5. The number of hydrogen-bond acceptors (Lipinski definition) is 5. The maximum absolute atomic E-state index is 12.7. The topological polar surface area (TPSA) is 63.5 Å². The van der Waals surface area contributed by atoms with Crippen LogP contribution in [0.15, 0.2) is 6.20 Å². The molecule has 0 unspecified atom stereocenters. The third-order valence-electron chi connectivity index (χ3n) is 5.89. The van der Waals surface area contributed by atoms with Gasteiger partial charge in [0.2, 0.25) is 5.91 Å². The fourth-order valence-electron chi connectivity index (χ4n) is 4.36. The summed E-state index contributed by atoms with van der Waals surface area (Å²) in [5.41, 5.74) is 1.03. The SMILES string of the molecule is CN(C(=O)CN1CC[C@H]2OCc3cnnn3[C@@H]2C1)C1CCCCC1. The third-order valence-corrected chi connectivity index (χ3v) is 5.89. The minimum absolute atomic E-state index is 0.179. The van der Waals surface area contributed by atoms with Gasteiger partial charge in [-0.1, -0.05) is 24.5 Å². The molecule has 0 radical (unpaired) electrons. The van der Waals surface area contributed by atoms with Gasteiger partial charge in [0.05, 0.1) is 37.2 Å². The quantitative estimate of drug-likeness (QED) is 0.832. The summed E-state index contributed by atoms with van der Waals surface area (Å²) in [7, 11) is 1.98. The number of ether oxygens (including phenoxy) is 1. The molecule has 3 aliphatic rings. The van der Waals surface area contributed by atoms with Crippen LogP contribution >= 0.6 is 0 Å². The van der Waals surface area contributed by atoms with Crippen LogP contribution in [-0.4, -0.2) is 69.5 Å². The lowest BCUT2D eigenvalue weighted by Gasteiger charge is -2.41. The Hall–Kier alpha value is -1.47. The van der Waals surface area contributed by atoms with E-state index in [0.717, 1.165) is 38.0 Å². The van der Waals surface area contributed by atoms with Gasteiger partial charge in [-0.05, 0) is 19.3 Å². The number of fused-ring (bicyclic) bond motifs is 3. The fraction of sp³-hybridized carbons (Fsp3) is 0.824. The Labute approximate surface area is 142 Å². The molecule has 1 aromatic heterocycles. The van der Waals surface area contributed by atoms with E-state index in [0.29, 0.717) is 19.2 Å². The van der Waals surface area contributed by atoms with Crippen LogP contribution in [0.4, 0.5) is 0 Å². The first-order valence-corrected chi connectivity index (χ1v) is 9.21. The Balaban J connectivity index is 1.37. The predicted molar refractivity (Wildman–Crippen MR) is 88.3 cm³/mol. The van der Waals surface area contributed by atoms with Gasteiger partial charge < -0.3 is 9.64 Å². The average molecular weight is 333 g/mol. The molecular weight excluding hydrogens is 306 g/mol. The summed E-state index contributed by atoms with van der Waals surface area (Å²) >= 11 is 0. The summed E-state index contributed by atoms with van der Waals surface area (Å²) in [6, 6.07) is 0.613. The Morgan fingerprint density at radius 2 is 2.17 bits per heavy atom. The summed E-state index contributed by atoms with van der Waals surface area (Å²) in [5.74, 6) is 0.246. The van der Waals surface area contributed by atoms with Crippen molar-refractivity contribution in [2.45, 2.75) is 63.3 Å². The summed E-state index contributed by atoms with van der Waals surface area (Å²) in [6.45, 7) is 2.82. The summed E-state index contributed by atoms with van der Waals surface area (Å²) < 4.78 is 7.94. The van der Waals surface area contributed by atoms with Gasteiger partial charge in [0, 0.05) is 26.2 Å². The van der Waals surface area contributed by atoms with Crippen molar-refractivity contribution in [2.75, 3.05) is 26.7 Å². The molecular formula is C17H27N5O2. The molecule has 7 nitrogen and oxygen atoms in total. The van der Waals surface area contributed by atoms with Crippen molar-refractivity contribution in [3.05, 3.63) is 11.9 Å². The minimum Gasteiger partial charge on any atom is -0.370 e. The molecule has 0 bridgehead atoms. The number of carbonyl (C=O) groups excluding carboxylic acids is 1. The van der Waals surface area contributed by atoms with Crippen LogP contribution in [0.25, 0.3) is 0 Å². The van der Waals surface area contributed by atoms with E-state index >= 15 is 0 Å². The number of likely N-dealkylation sites (tertiary alicyclic amines) is 1. The van der Waals surface area contributed by atoms with E-state index in [1.165, 1.54) is 19.3 Å². The number of aromatic nitrogens is 3. The molecule has 132 valence electrons. The molecule has 1 saturated heterocycles. The monoisotopic (exact) mass is 333 g/mol. The first-order chi connectivity index (χ1) is 11.7. The Bertz CT molecular complexity index is 583. The maximum atomic E-state index is 12.7. The van der Waals surface area contributed by atoms with Gasteiger partial charge in [-0.3, -0.25) is 9.69 Å². The van der Waals surface area contributed by atoms with Crippen molar-refractivity contribution < 1.29 is 9.53 Å². The highest BCUT2D eigenvalue weighted by molar-refractivity contribution is 5.78. The molecule has 1 aliphatic carbocycles. The van der Waals surface area contributed by atoms with Crippen LogP contribution in [0.1, 0.15) is 50.3 Å². The van der Waals surface area contributed by atoms with Crippen LogP contribution in [0.5, 0.6) is 0 Å². The largest absolute Gasteiger partial charge is 0.370 e. The molecule has 2 atom stereocenters. The predicted octanol–water partition coefficient (Wildman–Crippen LogP) is 1.21. The summed E-state index contributed by atoms with van der Waals surface area (Å²) in [5, 5.41) is 8.24. The zero-order chi connectivity index (χ0) is 16.5. The zero-order valence-corrected chi connectivity index (χ0v) is 14.4. The molecule has 1 amide bonds. The van der Waals surface area contributed by atoms with Crippen LogP contribution in [0.2, 0.25) is 0 Å². The fourth-order valence-corrected chi connectivity index (χ4v) is 4.36. The van der Waals surface area contributed by atoms with Gasteiger partial charge in [0.15, 0.2) is 0 Å². The summed E-state index contributed by atoms with van der Waals surface area (Å²) in [4.78, 5) is 16.9. The van der Waals surface area contributed by atoms with Crippen molar-refractivity contribution >= 4 is 5.91 Å². The van der Waals surface area contributed by atoms with Crippen molar-refractivity contribution in [1.82, 2.24) is 24.8 Å². The van der Waals surface area contributed by atoms with Crippen molar-refractivity contribution in [1.29, 1.82) is 0 Å². The molecule has 0 spiro atoms. The molecule has 4 rings (SSSR count). The van der Waals surface area contributed by atoms with Crippen LogP contribution in [0, 0.1) is 0 Å². The molecule has 2 fully saturated rings. The van der Waals surface area contributed by atoms with Crippen molar-refractivity contribution in [3.63, 3.8) is 0 Å². The molecule has 3 heterocycles. The van der Waals surface area contributed by atoms with Gasteiger partial charge in [0.1, 0.15) is 0 Å². The number of piperidine rings is 1. The number of rotatable bonds is 3. The van der Waals surface area contributed by atoms with Crippen molar-refractivity contribution in [2.24, 2.45) is 0 Å². The van der Waals surface area contributed by atoms with Gasteiger partial charge in [-0.25, -0.2) is 4.68 Å². The standard InChI is InChI=1S/C17H27N5O2/c1-20(13-5-3-2-4-6-13)17(23)11-21-8-7-16-15(10-21)22-14(12-24-16)9-18-19-22/h9,13,15-16H,2-8,10-12H2,1H3/t15-,16-/m1/s1. The van der Waals surface area contributed by atoms with E-state index in [2.05, 4.69) is 15.2 Å². The number of amides is 1. The Morgan fingerprint density at radius 1 is 1.33 bits per heavy atom. The maximum Gasteiger partial charge on any atom is 0.236 e. The molecule has 7 heteroatoms. The van der Waals surface area contributed by atoms with Crippen LogP contribution < -0.4 is 0 Å². The minimum atomic E-state index is 0.179. The zero-order valence-electron chi connectivity index (χ0n) is 14.4. The van der Waals surface area contributed by atoms with E-state index < -0.39 is 0 Å². The highest BCUT2D eigenvalue weighted by Crippen LogP contribution is 2.30. The van der Waals surface area contributed by atoms with E-state index in [9.17, 15) is 4.79 Å². The molecule has 0 N–H and O–H groups in total. The smallest absolute Gasteiger partial charge is 0.236 e. The molecule has 1 aromatic rings. The second kappa shape index (κ2) is 6.80. The lowest BCUT2D eigenvalue weighted by molar-refractivity contribution is -0.135. The first kappa shape index (κ1) is 16.0. The third kappa shape index (κ3) is 3.07. The van der Waals surface area contributed by atoms with Gasteiger partial charge in [-0.15, -0.1) is 5.10 Å². The van der Waals surface area contributed by atoms with E-state index in [1.54, 1.807) is 6.20 Å². The molecule has 1 saturated carbocycles. The highest BCUT2D eigenvalue weighted by atomic mass is 16.5. The first-order valence-electron chi connectivity index (χ1n) is 9.21. The average Bonchev–Trinajstić information content (AvgIpc) is 3.11. The van der Waals surface area contributed by atoms with Crippen molar-refractivity contribution in [3.8, 4) is 0 Å². The normalized spacial score (nSPS) is 28.2. The van der Waals surface area contributed by atoms with E-state index in [-0.39, 0.29) is 18.1 Å². The second-order valence-corrected chi connectivity index (χ2v) is 7.41. The summed E-state index contributed by atoms with van der Waals surface area (Å²) in [6.07, 6.45) is 9.05. The molecule has 24 heavy (non-hydrogen) atoms. The number of carbonyl (C=O) groups is 1. The molecule has 0 aromatic carbocycles. The van der Waals surface area contributed by atoms with Gasteiger partial charge in [0.25, 0.3) is 0 Å². The highest BCUT2D eigenvalue weighted by Gasteiger charge is 2.37. The number of hydrogen-bond donors (Lipinski definition) is 0. The Kier molecular flexibility index (Phi) is 4.54. The van der Waals surface area contributed by atoms with Gasteiger partial charge in [-0.2, -0.15) is 0 Å². The van der Waals surface area contributed by atoms with Crippen LogP contribution in [-0.2, 0) is 16.1 Å². The van der Waals surface area contributed by atoms with E-state index in [1.807, 2.05) is 16.6 Å². The lowest BCUT2D eigenvalue weighted by Crippen LogP contribution is -2.51. The second-order valence-electron chi connectivity index (χ2n) is 7.41. The lowest BCUT2D eigenvalue weighted by atomic mass is 9.94.